The first-order valence-electron chi connectivity index (χ1n) is 12.2. The van der Waals surface area contributed by atoms with Crippen molar-refractivity contribution in [3.05, 3.63) is 59.8 Å². The maximum atomic E-state index is 11.0. The molecular weight excluding hydrogens is 462 g/mol. The highest BCUT2D eigenvalue weighted by Crippen LogP contribution is 2.27. The van der Waals surface area contributed by atoms with Gasteiger partial charge < -0.3 is 23.9 Å². The van der Waals surface area contributed by atoms with Gasteiger partial charge in [-0.1, -0.05) is 12.1 Å². The number of aliphatic carboxylic acids is 1. The van der Waals surface area contributed by atoms with Crippen LogP contribution in [0.1, 0.15) is 38.2 Å². The molecule has 0 radical (unpaired) electrons. The number of hydrogen-bond acceptors (Lipinski definition) is 9. The zero-order chi connectivity index (χ0) is 24.9. The van der Waals surface area contributed by atoms with Gasteiger partial charge in [0.05, 0.1) is 32.0 Å². The van der Waals surface area contributed by atoms with Gasteiger partial charge in [0.1, 0.15) is 23.2 Å². The molecule has 1 unspecified atom stereocenters. The zero-order valence-electron chi connectivity index (χ0n) is 20.1. The van der Waals surface area contributed by atoms with E-state index in [-0.39, 0.29) is 18.5 Å². The Morgan fingerprint density at radius 1 is 1.31 bits per heavy atom. The lowest BCUT2D eigenvalue weighted by atomic mass is 10.1. The van der Waals surface area contributed by atoms with Crippen molar-refractivity contribution in [2.75, 3.05) is 29.9 Å². The first-order valence-corrected chi connectivity index (χ1v) is 12.2. The number of allylic oxidation sites excluding steroid dienone is 3. The van der Waals surface area contributed by atoms with Crippen molar-refractivity contribution in [3.63, 3.8) is 0 Å². The molecule has 1 fully saturated rings. The summed E-state index contributed by atoms with van der Waals surface area (Å²) in [4.78, 5) is 26.6. The molecule has 1 aliphatic carbocycles. The largest absolute Gasteiger partial charge is 0.494 e. The SMILES string of the molecule is CCOC1=C(OC2CCCN(c3cncc(Nc4nc5cc(CC(=O)O)ccc5o4)n3)C2)C=CCC1. The van der Waals surface area contributed by atoms with Crippen LogP contribution in [0.3, 0.4) is 0 Å². The maximum absolute atomic E-state index is 11.0. The smallest absolute Gasteiger partial charge is 0.307 e. The number of oxazole rings is 1. The molecule has 3 heterocycles. The number of nitrogens with zero attached hydrogens (tertiary/aromatic N) is 4. The fraction of sp³-hybridized carbons (Fsp3) is 0.385. The quantitative estimate of drug-likeness (QED) is 0.440. The minimum Gasteiger partial charge on any atom is -0.494 e. The summed E-state index contributed by atoms with van der Waals surface area (Å²) in [5.41, 5.74) is 1.80. The van der Waals surface area contributed by atoms with Crippen molar-refractivity contribution >= 4 is 34.7 Å². The van der Waals surface area contributed by atoms with E-state index in [9.17, 15) is 4.79 Å². The third-order valence-electron chi connectivity index (χ3n) is 6.06. The van der Waals surface area contributed by atoms with Gasteiger partial charge in [-0.05, 0) is 50.0 Å². The minimum atomic E-state index is -0.893. The van der Waals surface area contributed by atoms with Gasteiger partial charge in [-0.15, -0.1) is 0 Å². The fourth-order valence-electron chi connectivity index (χ4n) is 4.45. The molecule has 1 aromatic carbocycles. The van der Waals surface area contributed by atoms with E-state index in [1.54, 1.807) is 30.6 Å². The molecule has 0 bridgehead atoms. The first kappa shape index (κ1) is 23.7. The molecule has 5 rings (SSSR count). The molecule has 2 aromatic heterocycles. The Kier molecular flexibility index (Phi) is 7.01. The van der Waals surface area contributed by atoms with Gasteiger partial charge >= 0.3 is 12.0 Å². The number of ether oxygens (including phenoxy) is 2. The average Bonchev–Trinajstić information content (AvgIpc) is 3.27. The van der Waals surface area contributed by atoms with Crippen molar-refractivity contribution in [2.24, 2.45) is 0 Å². The molecule has 1 aliphatic heterocycles. The Hall–Kier alpha value is -4.08. The molecule has 1 atom stereocenters. The van der Waals surface area contributed by atoms with E-state index >= 15 is 0 Å². The molecule has 3 aromatic rings. The van der Waals surface area contributed by atoms with Gasteiger partial charge in [0.2, 0.25) is 0 Å². The topological polar surface area (TPSA) is 123 Å². The van der Waals surface area contributed by atoms with Crippen LogP contribution in [0.5, 0.6) is 0 Å². The number of hydrogen-bond donors (Lipinski definition) is 2. The summed E-state index contributed by atoms with van der Waals surface area (Å²) in [7, 11) is 0. The van der Waals surface area contributed by atoms with Crippen LogP contribution in [-0.2, 0) is 20.7 Å². The monoisotopic (exact) mass is 491 g/mol. The van der Waals surface area contributed by atoms with Gasteiger partial charge in [0, 0.05) is 13.0 Å². The van der Waals surface area contributed by atoms with Gasteiger partial charge in [-0.25, -0.2) is 4.98 Å². The highest BCUT2D eigenvalue weighted by molar-refractivity contribution is 5.78. The molecule has 188 valence electrons. The lowest BCUT2D eigenvalue weighted by Crippen LogP contribution is -2.40. The third-order valence-corrected chi connectivity index (χ3v) is 6.06. The van der Waals surface area contributed by atoms with Crippen molar-refractivity contribution in [3.8, 4) is 0 Å². The molecule has 2 aliphatic rings. The lowest BCUT2D eigenvalue weighted by molar-refractivity contribution is -0.136. The fourth-order valence-corrected chi connectivity index (χ4v) is 4.45. The van der Waals surface area contributed by atoms with Gasteiger partial charge in [-0.3, -0.25) is 15.1 Å². The Balaban J connectivity index is 1.27. The predicted octanol–water partition coefficient (Wildman–Crippen LogP) is 4.57. The van der Waals surface area contributed by atoms with E-state index in [0.29, 0.717) is 35.6 Å². The van der Waals surface area contributed by atoms with Crippen molar-refractivity contribution in [1.82, 2.24) is 15.0 Å². The van der Waals surface area contributed by atoms with E-state index in [4.69, 9.17) is 24.0 Å². The molecule has 0 amide bonds. The summed E-state index contributed by atoms with van der Waals surface area (Å²) in [5.74, 6) is 2.11. The standard InChI is InChI=1S/C26H29N5O5/c1-2-34-21-7-3-4-8-22(21)35-18-6-5-11-31(16-18)24-15-27-14-23(29-24)30-26-28-19-12-17(13-25(32)33)9-10-20(19)36-26/h4,8-10,12,14-15,18H,2-3,5-7,11,13,16H2,1H3,(H,32,33)(H,28,29,30). The number of aromatic nitrogens is 3. The van der Waals surface area contributed by atoms with E-state index in [2.05, 4.69) is 26.3 Å². The third kappa shape index (κ3) is 5.59. The molecule has 10 nitrogen and oxygen atoms in total. The number of benzene rings is 1. The van der Waals surface area contributed by atoms with Crippen molar-refractivity contribution in [2.45, 2.75) is 45.1 Å². The van der Waals surface area contributed by atoms with Crippen LogP contribution in [0.15, 0.2) is 58.7 Å². The lowest BCUT2D eigenvalue weighted by Gasteiger charge is -2.34. The summed E-state index contributed by atoms with van der Waals surface area (Å²) < 4.78 is 17.9. The van der Waals surface area contributed by atoms with Crippen LogP contribution in [-0.4, -0.2) is 51.8 Å². The first-order chi connectivity index (χ1) is 17.6. The second-order valence-electron chi connectivity index (χ2n) is 8.77. The minimum absolute atomic E-state index is 0.0300. The number of rotatable bonds is 9. The summed E-state index contributed by atoms with van der Waals surface area (Å²) in [5, 5.41) is 12.1. The van der Waals surface area contributed by atoms with E-state index < -0.39 is 5.97 Å². The number of carboxylic acids is 1. The predicted molar refractivity (Wildman–Crippen MR) is 134 cm³/mol. The van der Waals surface area contributed by atoms with Gasteiger partial charge in [0.25, 0.3) is 0 Å². The van der Waals surface area contributed by atoms with Crippen LogP contribution in [0, 0.1) is 0 Å². The molecule has 1 saturated heterocycles. The molecule has 0 spiro atoms. The zero-order valence-corrected chi connectivity index (χ0v) is 20.1. The summed E-state index contributed by atoms with van der Waals surface area (Å²) in [6, 6.07) is 5.41. The van der Waals surface area contributed by atoms with Crippen molar-refractivity contribution < 1.29 is 23.8 Å². The molecular formula is C26H29N5O5. The van der Waals surface area contributed by atoms with E-state index in [1.165, 1.54) is 0 Å². The number of carbonyl (C=O) groups is 1. The number of fused-ring (bicyclic) bond motifs is 1. The highest BCUT2D eigenvalue weighted by atomic mass is 16.5. The molecule has 10 heteroatoms. The number of piperidine rings is 1. The van der Waals surface area contributed by atoms with Crippen LogP contribution < -0.4 is 10.2 Å². The summed E-state index contributed by atoms with van der Waals surface area (Å²) >= 11 is 0. The Morgan fingerprint density at radius 3 is 3.08 bits per heavy atom. The van der Waals surface area contributed by atoms with Crippen LogP contribution in [0.2, 0.25) is 0 Å². The molecule has 2 N–H and O–H groups in total. The average molecular weight is 492 g/mol. The van der Waals surface area contributed by atoms with E-state index in [0.717, 1.165) is 49.6 Å². The number of carboxylic acid groups (broad SMARTS) is 1. The van der Waals surface area contributed by atoms with Crippen LogP contribution in [0.4, 0.5) is 17.7 Å². The molecule has 36 heavy (non-hydrogen) atoms. The van der Waals surface area contributed by atoms with E-state index in [1.807, 2.05) is 13.0 Å². The van der Waals surface area contributed by atoms with Crippen molar-refractivity contribution in [1.29, 1.82) is 0 Å². The second-order valence-corrected chi connectivity index (χ2v) is 8.77. The highest BCUT2D eigenvalue weighted by Gasteiger charge is 2.25. The summed E-state index contributed by atoms with van der Waals surface area (Å²) in [6.07, 6.45) is 11.2. The Bertz CT molecular complexity index is 1300. The Morgan fingerprint density at radius 2 is 2.22 bits per heavy atom. The number of nitrogens with one attached hydrogen (secondary N) is 1. The van der Waals surface area contributed by atoms with Crippen LogP contribution in [0.25, 0.3) is 11.1 Å². The van der Waals surface area contributed by atoms with Gasteiger partial charge in [-0.2, -0.15) is 4.98 Å². The van der Waals surface area contributed by atoms with Crippen LogP contribution >= 0.6 is 0 Å². The molecule has 0 saturated carbocycles. The Labute approximate surface area is 208 Å². The summed E-state index contributed by atoms with van der Waals surface area (Å²) in [6.45, 7) is 4.18. The maximum Gasteiger partial charge on any atom is 0.307 e. The number of anilines is 3. The van der Waals surface area contributed by atoms with Gasteiger partial charge in [0.15, 0.2) is 17.2 Å². The second kappa shape index (κ2) is 10.7. The normalized spacial score (nSPS) is 17.9.